The summed E-state index contributed by atoms with van der Waals surface area (Å²) in [6, 6.07) is 14.3. The molecule has 2 amide bonds. The molecule has 2 N–H and O–H groups in total. The number of rotatable bonds is 7. The van der Waals surface area contributed by atoms with Crippen molar-refractivity contribution < 1.29 is 22.7 Å². The van der Waals surface area contributed by atoms with E-state index in [0.29, 0.717) is 6.54 Å². The lowest BCUT2D eigenvalue weighted by molar-refractivity contribution is -0.137. The molecule has 0 aliphatic heterocycles. The van der Waals surface area contributed by atoms with Crippen LogP contribution in [0.5, 0.6) is 5.75 Å². The van der Waals surface area contributed by atoms with Crippen molar-refractivity contribution in [3.05, 3.63) is 65.7 Å². The summed E-state index contributed by atoms with van der Waals surface area (Å²) in [7, 11) is 0. The van der Waals surface area contributed by atoms with Gasteiger partial charge in [-0.15, -0.1) is 0 Å². The second kappa shape index (κ2) is 10.9. The number of hydrogen-bond donors (Lipinski definition) is 2. The Morgan fingerprint density at radius 2 is 1.79 bits per heavy atom. The first-order valence-corrected chi connectivity index (χ1v) is 8.76. The molecule has 2 rings (SSSR count). The van der Waals surface area contributed by atoms with Crippen LogP contribution in [0.3, 0.4) is 0 Å². The number of urea groups is 1. The maximum atomic E-state index is 12.6. The first-order valence-electron chi connectivity index (χ1n) is 8.76. The number of amides is 2. The van der Waals surface area contributed by atoms with Gasteiger partial charge in [0.2, 0.25) is 0 Å². The molecule has 0 heterocycles. The van der Waals surface area contributed by atoms with Crippen molar-refractivity contribution in [2.75, 3.05) is 19.7 Å². The summed E-state index contributed by atoms with van der Waals surface area (Å²) in [5.41, 5.74) is 0.444. The normalized spacial score (nSPS) is 10.5. The van der Waals surface area contributed by atoms with Gasteiger partial charge in [-0.2, -0.15) is 13.2 Å². The molecule has 0 fully saturated rings. The van der Waals surface area contributed by atoms with E-state index >= 15 is 0 Å². The molecule has 0 saturated carbocycles. The Morgan fingerprint density at radius 1 is 1.00 bits per heavy atom. The molecule has 148 valence electrons. The molecule has 0 aliphatic rings. The molecule has 2 aromatic rings. The zero-order valence-corrected chi connectivity index (χ0v) is 15.2. The highest BCUT2D eigenvalue weighted by atomic mass is 19.4. The highest BCUT2D eigenvalue weighted by molar-refractivity contribution is 5.74. The Kier molecular flexibility index (Phi) is 8.22. The zero-order chi connectivity index (χ0) is 20.2. The van der Waals surface area contributed by atoms with Gasteiger partial charge < -0.3 is 15.4 Å². The third-order valence-corrected chi connectivity index (χ3v) is 3.71. The molecular formula is C21H21F3N2O2. The maximum absolute atomic E-state index is 12.6. The maximum Gasteiger partial charge on any atom is 0.416 e. The van der Waals surface area contributed by atoms with Crippen LogP contribution in [0.25, 0.3) is 0 Å². The van der Waals surface area contributed by atoms with Gasteiger partial charge in [-0.25, -0.2) is 4.79 Å². The fourth-order valence-electron chi connectivity index (χ4n) is 2.32. The Labute approximate surface area is 162 Å². The third kappa shape index (κ3) is 8.04. The zero-order valence-electron chi connectivity index (χ0n) is 15.2. The van der Waals surface area contributed by atoms with E-state index in [1.807, 2.05) is 30.3 Å². The van der Waals surface area contributed by atoms with E-state index in [9.17, 15) is 18.0 Å². The number of carbonyl (C=O) groups is 1. The largest absolute Gasteiger partial charge is 0.481 e. The van der Waals surface area contributed by atoms with Crippen LogP contribution in [0.2, 0.25) is 0 Å². The number of benzene rings is 2. The molecule has 0 aliphatic carbocycles. The quantitative estimate of drug-likeness (QED) is 0.554. The fourth-order valence-corrected chi connectivity index (χ4v) is 2.32. The molecule has 4 nitrogen and oxygen atoms in total. The summed E-state index contributed by atoms with van der Waals surface area (Å²) in [6.45, 7) is 0.602. The molecule has 2 aromatic carbocycles. The van der Waals surface area contributed by atoms with Crippen molar-refractivity contribution in [3.63, 3.8) is 0 Å². The third-order valence-electron chi connectivity index (χ3n) is 3.71. The summed E-state index contributed by atoms with van der Waals surface area (Å²) < 4.78 is 43.0. The molecule has 0 aromatic heterocycles. The van der Waals surface area contributed by atoms with Gasteiger partial charge in [0.05, 0.1) is 12.1 Å². The average molecular weight is 390 g/mol. The lowest BCUT2D eigenvalue weighted by Gasteiger charge is -2.08. The number of nitrogens with one attached hydrogen (secondary N) is 2. The van der Waals surface area contributed by atoms with E-state index in [0.717, 1.165) is 25.0 Å². The number of aryl methyl sites for hydroxylation is 1. The topological polar surface area (TPSA) is 50.4 Å². The van der Waals surface area contributed by atoms with E-state index in [4.69, 9.17) is 4.74 Å². The predicted molar refractivity (Wildman–Crippen MR) is 101 cm³/mol. The van der Waals surface area contributed by atoms with Crippen LogP contribution < -0.4 is 15.4 Å². The van der Waals surface area contributed by atoms with Crippen molar-refractivity contribution in [1.82, 2.24) is 10.6 Å². The molecule has 0 saturated heterocycles. The molecular weight excluding hydrogens is 369 g/mol. The van der Waals surface area contributed by atoms with E-state index < -0.39 is 11.7 Å². The van der Waals surface area contributed by atoms with E-state index in [2.05, 4.69) is 22.5 Å². The van der Waals surface area contributed by atoms with Crippen molar-refractivity contribution in [1.29, 1.82) is 0 Å². The van der Waals surface area contributed by atoms with Crippen LogP contribution in [-0.2, 0) is 12.6 Å². The molecule has 0 radical (unpaired) electrons. The number of ether oxygens (including phenoxy) is 1. The van der Waals surface area contributed by atoms with Gasteiger partial charge in [0.15, 0.2) is 0 Å². The SMILES string of the molecule is O=C(NCC#CCOc1cccc(C(F)(F)F)c1)NCCCc1ccccc1. The predicted octanol–water partition coefficient (Wildman–Crippen LogP) is 4.02. The van der Waals surface area contributed by atoms with Gasteiger partial charge in [-0.1, -0.05) is 48.2 Å². The van der Waals surface area contributed by atoms with Gasteiger partial charge in [0.25, 0.3) is 0 Å². The van der Waals surface area contributed by atoms with Crippen LogP contribution in [0, 0.1) is 11.8 Å². The van der Waals surface area contributed by atoms with Gasteiger partial charge in [-0.3, -0.25) is 0 Å². The summed E-state index contributed by atoms with van der Waals surface area (Å²) in [5, 5.41) is 5.32. The summed E-state index contributed by atoms with van der Waals surface area (Å²) >= 11 is 0. The Balaban J connectivity index is 1.58. The average Bonchev–Trinajstić information content (AvgIpc) is 2.68. The molecule has 0 unspecified atom stereocenters. The number of halogens is 3. The van der Waals surface area contributed by atoms with E-state index in [1.165, 1.54) is 17.7 Å². The van der Waals surface area contributed by atoms with Gasteiger partial charge in [0.1, 0.15) is 12.4 Å². The van der Waals surface area contributed by atoms with E-state index in [1.54, 1.807) is 0 Å². The molecule has 0 bridgehead atoms. The van der Waals surface area contributed by atoms with Crippen molar-refractivity contribution in [3.8, 4) is 17.6 Å². The monoisotopic (exact) mass is 390 g/mol. The second-order valence-corrected chi connectivity index (χ2v) is 5.87. The lowest BCUT2D eigenvalue weighted by Crippen LogP contribution is -2.36. The van der Waals surface area contributed by atoms with Crippen molar-refractivity contribution in [2.45, 2.75) is 19.0 Å². The minimum Gasteiger partial charge on any atom is -0.481 e. The minimum absolute atomic E-state index is 0.0678. The van der Waals surface area contributed by atoms with Crippen LogP contribution in [0.4, 0.5) is 18.0 Å². The Bertz CT molecular complexity index is 812. The Morgan fingerprint density at radius 3 is 2.54 bits per heavy atom. The van der Waals surface area contributed by atoms with Gasteiger partial charge >= 0.3 is 12.2 Å². The summed E-state index contributed by atoms with van der Waals surface area (Å²) in [6.07, 6.45) is -2.70. The molecule has 28 heavy (non-hydrogen) atoms. The number of hydrogen-bond acceptors (Lipinski definition) is 2. The van der Waals surface area contributed by atoms with E-state index in [-0.39, 0.29) is 24.9 Å². The van der Waals surface area contributed by atoms with Crippen LogP contribution >= 0.6 is 0 Å². The number of carbonyl (C=O) groups excluding carboxylic acids is 1. The highest BCUT2D eigenvalue weighted by Crippen LogP contribution is 2.31. The Hall–Kier alpha value is -3.14. The first-order chi connectivity index (χ1) is 13.4. The molecule has 0 spiro atoms. The highest BCUT2D eigenvalue weighted by Gasteiger charge is 2.30. The summed E-state index contributed by atoms with van der Waals surface area (Å²) in [5.74, 6) is 5.41. The molecule has 7 heteroatoms. The second-order valence-electron chi connectivity index (χ2n) is 5.87. The summed E-state index contributed by atoms with van der Waals surface area (Å²) in [4.78, 5) is 11.6. The van der Waals surface area contributed by atoms with Crippen molar-refractivity contribution >= 4 is 6.03 Å². The number of alkyl halides is 3. The fraction of sp³-hybridized carbons (Fsp3) is 0.286. The standard InChI is InChI=1S/C21H21F3N2O2/c22-21(23,24)18-11-6-12-19(16-18)28-15-5-4-13-25-20(27)26-14-7-10-17-8-2-1-3-9-17/h1-3,6,8-9,11-12,16H,7,10,13-15H2,(H2,25,26,27). The lowest BCUT2D eigenvalue weighted by atomic mass is 10.1. The first kappa shape index (κ1) is 21.2. The van der Waals surface area contributed by atoms with Crippen molar-refractivity contribution in [2.24, 2.45) is 0 Å². The van der Waals surface area contributed by atoms with Crippen LogP contribution in [0.15, 0.2) is 54.6 Å². The minimum atomic E-state index is -4.41. The smallest absolute Gasteiger partial charge is 0.416 e. The molecule has 0 atom stereocenters. The van der Waals surface area contributed by atoms with Gasteiger partial charge in [-0.05, 0) is 36.6 Å². The van der Waals surface area contributed by atoms with Crippen LogP contribution in [0.1, 0.15) is 17.5 Å². The van der Waals surface area contributed by atoms with Gasteiger partial charge in [0, 0.05) is 6.54 Å². The van der Waals surface area contributed by atoms with Crippen LogP contribution in [-0.4, -0.2) is 25.7 Å².